The Labute approximate surface area is 191 Å². The van der Waals surface area contributed by atoms with E-state index in [1.807, 2.05) is 13.8 Å². The number of nitrogens with one attached hydrogen (secondary N) is 2. The molecule has 1 fully saturated rings. The number of amidine groups is 1. The van der Waals surface area contributed by atoms with Crippen LogP contribution >= 0.6 is 0 Å². The third kappa shape index (κ3) is 4.52. The first-order valence-corrected chi connectivity index (χ1v) is 11.0. The first kappa shape index (κ1) is 22.3. The number of ketones is 1. The van der Waals surface area contributed by atoms with Crippen molar-refractivity contribution in [1.29, 1.82) is 0 Å². The fraction of sp³-hybridized carbons (Fsp3) is 0.409. The highest BCUT2D eigenvalue weighted by Gasteiger charge is 2.49. The summed E-state index contributed by atoms with van der Waals surface area (Å²) < 4.78 is 0. The van der Waals surface area contributed by atoms with Crippen LogP contribution in [0.1, 0.15) is 42.7 Å². The maximum atomic E-state index is 12.9. The molecule has 0 bridgehead atoms. The van der Waals surface area contributed by atoms with Crippen molar-refractivity contribution in [2.45, 2.75) is 38.9 Å². The molecule has 2 aromatic rings. The van der Waals surface area contributed by atoms with Gasteiger partial charge in [-0.1, -0.05) is 13.8 Å². The van der Waals surface area contributed by atoms with E-state index in [4.69, 9.17) is 0 Å². The zero-order chi connectivity index (χ0) is 23.4. The molecule has 1 saturated heterocycles. The summed E-state index contributed by atoms with van der Waals surface area (Å²) >= 11 is 0. The van der Waals surface area contributed by atoms with Crippen LogP contribution in [-0.2, 0) is 4.79 Å². The summed E-state index contributed by atoms with van der Waals surface area (Å²) in [4.78, 5) is 57.8. The molecule has 2 N–H and O–H groups in total. The van der Waals surface area contributed by atoms with Gasteiger partial charge in [-0.15, -0.1) is 0 Å². The topological polar surface area (TPSA) is 133 Å². The Kier molecular flexibility index (Phi) is 6.57. The van der Waals surface area contributed by atoms with E-state index >= 15 is 0 Å². The van der Waals surface area contributed by atoms with Crippen LogP contribution in [0.15, 0.2) is 41.9 Å². The Bertz CT molecular complexity index is 1060. The number of rotatable bonds is 9. The molecule has 11 heteroatoms. The second-order valence-corrected chi connectivity index (χ2v) is 7.78. The molecule has 3 amide bonds. The second kappa shape index (κ2) is 9.72. The number of fused-ring (bicyclic) bond motifs is 1. The minimum atomic E-state index is -0.613. The van der Waals surface area contributed by atoms with Crippen LogP contribution in [0.4, 0.5) is 10.6 Å². The largest absolute Gasteiger partial charge is 0.363 e. The Morgan fingerprint density at radius 1 is 1.09 bits per heavy atom. The van der Waals surface area contributed by atoms with Crippen LogP contribution in [0.3, 0.4) is 0 Å². The standard InChI is InChI=1S/C22H26N8O3/c1-3-9-29-20-18(21(32)30(10-4-2)22(29)33)27-19(28-20)14-5-6-17(25-11-14)26-13-16(31)15-12-23-7-8-24-15/h5-8,11-12,18,20H,3-4,9-10,13H2,1-2H3,(H,25,26)(H,27,28). The number of carbonyl (C=O) groups is 3. The normalized spacial score (nSPS) is 19.8. The molecule has 0 saturated carbocycles. The van der Waals surface area contributed by atoms with Crippen molar-refractivity contribution in [3.8, 4) is 0 Å². The number of pyridine rings is 1. The molecule has 0 aromatic carbocycles. The summed E-state index contributed by atoms with van der Waals surface area (Å²) in [6, 6.07) is 2.62. The maximum absolute atomic E-state index is 12.9. The van der Waals surface area contributed by atoms with Crippen molar-refractivity contribution in [3.63, 3.8) is 0 Å². The molecule has 2 aliphatic rings. The van der Waals surface area contributed by atoms with E-state index in [0.29, 0.717) is 36.7 Å². The monoisotopic (exact) mass is 450 g/mol. The van der Waals surface area contributed by atoms with Crippen molar-refractivity contribution >= 4 is 29.4 Å². The highest BCUT2D eigenvalue weighted by Crippen LogP contribution is 2.25. The lowest BCUT2D eigenvalue weighted by Crippen LogP contribution is -2.65. The van der Waals surface area contributed by atoms with Crippen molar-refractivity contribution in [3.05, 3.63) is 48.2 Å². The number of hydrogen-bond acceptors (Lipinski definition) is 9. The van der Waals surface area contributed by atoms with E-state index in [-0.39, 0.29) is 30.0 Å². The molecule has 2 aromatic heterocycles. The molecule has 33 heavy (non-hydrogen) atoms. The van der Waals surface area contributed by atoms with Crippen LogP contribution in [0.2, 0.25) is 0 Å². The summed E-state index contributed by atoms with van der Waals surface area (Å²) in [6.07, 6.45) is 6.89. The number of nitrogens with zero attached hydrogens (tertiary/aromatic N) is 6. The third-order valence-corrected chi connectivity index (χ3v) is 5.41. The summed E-state index contributed by atoms with van der Waals surface area (Å²) in [6.45, 7) is 4.86. The van der Waals surface area contributed by atoms with Gasteiger partial charge in [0.2, 0.25) is 5.78 Å². The minimum absolute atomic E-state index is 0.0320. The van der Waals surface area contributed by atoms with Gasteiger partial charge in [0.25, 0.3) is 5.91 Å². The molecular weight excluding hydrogens is 424 g/mol. The van der Waals surface area contributed by atoms with Gasteiger partial charge in [0.15, 0.2) is 6.17 Å². The summed E-state index contributed by atoms with van der Waals surface area (Å²) in [7, 11) is 0. The SMILES string of the molecule is CCCN1C(=O)C2NC(c3ccc(NCC(=O)c4cnccn4)nc3)=NC2N(CCC)C1=O. The zero-order valence-electron chi connectivity index (χ0n) is 18.6. The second-order valence-electron chi connectivity index (χ2n) is 7.78. The van der Waals surface area contributed by atoms with Crippen LogP contribution in [-0.4, -0.2) is 80.2 Å². The van der Waals surface area contributed by atoms with E-state index in [1.165, 1.54) is 23.5 Å². The predicted octanol–water partition coefficient (Wildman–Crippen LogP) is 1.30. The van der Waals surface area contributed by atoms with E-state index in [0.717, 1.165) is 6.42 Å². The van der Waals surface area contributed by atoms with Gasteiger partial charge < -0.3 is 10.6 Å². The first-order valence-electron chi connectivity index (χ1n) is 11.0. The number of imide groups is 1. The highest BCUT2D eigenvalue weighted by molar-refractivity contribution is 6.08. The average Bonchev–Trinajstić information content (AvgIpc) is 3.29. The number of hydrogen-bond donors (Lipinski definition) is 2. The summed E-state index contributed by atoms with van der Waals surface area (Å²) in [5.74, 6) is 0.572. The fourth-order valence-electron chi connectivity index (χ4n) is 3.83. The van der Waals surface area contributed by atoms with Crippen LogP contribution in [0, 0.1) is 0 Å². The number of aromatic nitrogens is 3. The molecule has 2 unspecified atom stereocenters. The van der Waals surface area contributed by atoms with Gasteiger partial charge in [-0.3, -0.25) is 24.4 Å². The lowest BCUT2D eigenvalue weighted by Gasteiger charge is -2.40. The summed E-state index contributed by atoms with van der Waals surface area (Å²) in [5.41, 5.74) is 0.968. The van der Waals surface area contributed by atoms with E-state index in [9.17, 15) is 14.4 Å². The number of Topliss-reactive ketones (excluding diaryl/α,β-unsaturated/α-hetero) is 1. The van der Waals surface area contributed by atoms with Gasteiger partial charge in [0.05, 0.1) is 12.7 Å². The van der Waals surface area contributed by atoms with Crippen molar-refractivity contribution in [2.24, 2.45) is 4.99 Å². The fourth-order valence-corrected chi connectivity index (χ4v) is 3.83. The van der Waals surface area contributed by atoms with Gasteiger partial charge in [0, 0.05) is 37.2 Å². The smallest absolute Gasteiger partial charge is 0.328 e. The molecule has 0 radical (unpaired) electrons. The lowest BCUT2D eigenvalue weighted by atomic mass is 10.1. The average molecular weight is 451 g/mol. The van der Waals surface area contributed by atoms with Gasteiger partial charge in [-0.25, -0.2) is 19.8 Å². The van der Waals surface area contributed by atoms with E-state index in [1.54, 1.807) is 23.2 Å². The van der Waals surface area contributed by atoms with E-state index in [2.05, 4.69) is 30.6 Å². The van der Waals surface area contributed by atoms with Crippen molar-refractivity contribution in [2.75, 3.05) is 25.0 Å². The number of anilines is 1. The maximum Gasteiger partial charge on any atom is 0.328 e. The molecule has 0 spiro atoms. The minimum Gasteiger partial charge on any atom is -0.363 e. The van der Waals surface area contributed by atoms with Gasteiger partial charge >= 0.3 is 6.03 Å². The number of urea groups is 1. The Hall–Kier alpha value is -3.89. The molecule has 2 atom stereocenters. The van der Waals surface area contributed by atoms with Crippen LogP contribution in [0.25, 0.3) is 0 Å². The Balaban J connectivity index is 1.46. The van der Waals surface area contributed by atoms with Crippen molar-refractivity contribution in [1.82, 2.24) is 30.1 Å². The first-order chi connectivity index (χ1) is 16.0. The Morgan fingerprint density at radius 2 is 1.91 bits per heavy atom. The van der Waals surface area contributed by atoms with Gasteiger partial charge in [-0.05, 0) is 25.0 Å². The number of aliphatic imine (C=N–C) groups is 1. The quantitative estimate of drug-likeness (QED) is 0.546. The third-order valence-electron chi connectivity index (χ3n) is 5.41. The number of amides is 3. The molecule has 11 nitrogen and oxygen atoms in total. The summed E-state index contributed by atoms with van der Waals surface area (Å²) in [5, 5.41) is 6.15. The predicted molar refractivity (Wildman–Crippen MR) is 121 cm³/mol. The highest BCUT2D eigenvalue weighted by atomic mass is 16.2. The van der Waals surface area contributed by atoms with Crippen LogP contribution in [0.5, 0.6) is 0 Å². The molecule has 4 heterocycles. The Morgan fingerprint density at radius 3 is 2.58 bits per heavy atom. The molecule has 0 aliphatic carbocycles. The molecular formula is C22H26N8O3. The van der Waals surface area contributed by atoms with E-state index < -0.39 is 12.2 Å². The zero-order valence-corrected chi connectivity index (χ0v) is 18.6. The van der Waals surface area contributed by atoms with Crippen molar-refractivity contribution < 1.29 is 14.4 Å². The van der Waals surface area contributed by atoms with Gasteiger partial charge in [0.1, 0.15) is 23.4 Å². The van der Waals surface area contributed by atoms with Gasteiger partial charge in [-0.2, -0.15) is 0 Å². The molecule has 2 aliphatic heterocycles. The lowest BCUT2D eigenvalue weighted by molar-refractivity contribution is -0.134. The number of carbonyl (C=O) groups excluding carboxylic acids is 3. The molecule has 4 rings (SSSR count). The van der Waals surface area contributed by atoms with Crippen LogP contribution < -0.4 is 10.6 Å². The molecule has 172 valence electrons.